The fourth-order valence-corrected chi connectivity index (χ4v) is 1.78. The summed E-state index contributed by atoms with van der Waals surface area (Å²) >= 11 is 0. The van der Waals surface area contributed by atoms with Crippen LogP contribution in [-0.4, -0.2) is 142 Å². The molecule has 15 nitrogen and oxygen atoms in total. The minimum atomic E-state index is -2.57. The molecule has 168 valence electrons. The molecule has 0 saturated heterocycles. The van der Waals surface area contributed by atoms with Gasteiger partial charge in [-0.15, -0.1) is 0 Å². The zero-order valence-electron chi connectivity index (χ0n) is 14.3. The molecule has 0 aromatic heterocycles. The Kier molecular flexibility index (Phi) is 11.8. The van der Waals surface area contributed by atoms with Gasteiger partial charge in [0.2, 0.25) is 12.6 Å². The summed E-state index contributed by atoms with van der Waals surface area (Å²) in [6.45, 7) is -2.01. The van der Waals surface area contributed by atoms with Gasteiger partial charge in [-0.1, -0.05) is 0 Å². The number of aliphatic hydroxyl groups excluding tert-OH is 12. The van der Waals surface area contributed by atoms with Gasteiger partial charge in [0.05, 0.1) is 13.2 Å². The number of hydrogen-bond acceptors (Lipinski definition) is 15. The van der Waals surface area contributed by atoms with Crippen molar-refractivity contribution in [3.05, 3.63) is 0 Å². The predicted molar refractivity (Wildman–Crippen MR) is 81.8 cm³/mol. The quantitative estimate of drug-likeness (QED) is 0.103. The topological polar surface area (TPSA) is 278 Å². The van der Waals surface area contributed by atoms with Crippen molar-refractivity contribution in [2.24, 2.45) is 0 Å². The van der Waals surface area contributed by atoms with Crippen molar-refractivity contribution in [2.45, 2.75) is 61.4 Å². The monoisotopic (exact) mass is 422 g/mol. The summed E-state index contributed by atoms with van der Waals surface area (Å²) in [5.74, 6) is 0. The molecular weight excluding hydrogens is 396 g/mol. The Hall–Kier alpha value is -1.21. The van der Waals surface area contributed by atoms with E-state index in [1.807, 2.05) is 0 Å². The van der Waals surface area contributed by atoms with Crippen LogP contribution in [0.4, 0.5) is 4.79 Å². The molecule has 2 unspecified atom stereocenters. The molecule has 0 fully saturated rings. The number of ether oxygens (including phenoxy) is 2. The van der Waals surface area contributed by atoms with Crippen molar-refractivity contribution in [3.8, 4) is 0 Å². The van der Waals surface area contributed by atoms with E-state index in [0.29, 0.717) is 0 Å². The van der Waals surface area contributed by atoms with Crippen LogP contribution in [0.15, 0.2) is 0 Å². The van der Waals surface area contributed by atoms with E-state index >= 15 is 0 Å². The number of carbonyl (C=O) groups is 1. The molecule has 0 aliphatic rings. The maximum absolute atomic E-state index is 11.4. The van der Waals surface area contributed by atoms with E-state index in [4.69, 9.17) is 20.4 Å². The van der Waals surface area contributed by atoms with Gasteiger partial charge in [-0.2, -0.15) is 0 Å². The second-order valence-corrected chi connectivity index (χ2v) is 5.71. The van der Waals surface area contributed by atoms with Crippen LogP contribution in [0.25, 0.3) is 0 Å². The van der Waals surface area contributed by atoms with Crippen molar-refractivity contribution in [2.75, 3.05) is 13.2 Å². The Morgan fingerprint density at radius 1 is 0.536 bits per heavy atom. The van der Waals surface area contributed by atoms with Gasteiger partial charge in [-0.25, -0.2) is 4.79 Å². The molecule has 0 radical (unpaired) electrons. The highest BCUT2D eigenvalue weighted by Crippen LogP contribution is 2.13. The summed E-state index contributed by atoms with van der Waals surface area (Å²) in [5, 5.41) is 111. The molecule has 0 bridgehead atoms. The molecule has 0 spiro atoms. The third-order valence-electron chi connectivity index (χ3n) is 3.58. The molecule has 15 heteroatoms. The zero-order chi connectivity index (χ0) is 22.2. The van der Waals surface area contributed by atoms with E-state index in [2.05, 4.69) is 9.47 Å². The lowest BCUT2D eigenvalue weighted by Gasteiger charge is -2.29. The lowest BCUT2D eigenvalue weighted by molar-refractivity contribution is -0.223. The molecule has 0 rings (SSSR count). The second kappa shape index (κ2) is 12.4. The molecular formula is C13H26O15. The normalized spacial score (nSPS) is 22.7. The number of rotatable bonds is 12. The Morgan fingerprint density at radius 3 is 1.07 bits per heavy atom. The van der Waals surface area contributed by atoms with E-state index in [0.717, 1.165) is 0 Å². The highest BCUT2D eigenvalue weighted by Gasteiger charge is 2.38. The Balaban J connectivity index is 4.70. The third kappa shape index (κ3) is 7.66. The average molecular weight is 422 g/mol. The van der Waals surface area contributed by atoms with Gasteiger partial charge in [-0.3, -0.25) is 0 Å². The number of aliphatic hydroxyl groups is 12. The Morgan fingerprint density at radius 2 is 0.821 bits per heavy atom. The molecule has 0 aliphatic carbocycles. The van der Waals surface area contributed by atoms with Crippen molar-refractivity contribution in [1.82, 2.24) is 0 Å². The molecule has 0 heterocycles. The van der Waals surface area contributed by atoms with Crippen molar-refractivity contribution < 1.29 is 75.5 Å². The molecule has 10 atom stereocenters. The largest absolute Gasteiger partial charge is 0.513 e. The van der Waals surface area contributed by atoms with Crippen LogP contribution in [0.2, 0.25) is 0 Å². The van der Waals surface area contributed by atoms with Gasteiger partial charge >= 0.3 is 6.16 Å². The third-order valence-corrected chi connectivity index (χ3v) is 3.58. The van der Waals surface area contributed by atoms with Gasteiger partial charge in [0.15, 0.2) is 0 Å². The van der Waals surface area contributed by atoms with Crippen LogP contribution in [-0.2, 0) is 9.47 Å². The summed E-state index contributed by atoms with van der Waals surface area (Å²) in [6, 6.07) is 0. The van der Waals surface area contributed by atoms with Gasteiger partial charge < -0.3 is 70.8 Å². The summed E-state index contributed by atoms with van der Waals surface area (Å²) in [7, 11) is 0. The van der Waals surface area contributed by atoms with Crippen LogP contribution < -0.4 is 0 Å². The molecule has 0 aromatic rings. The highest BCUT2D eigenvalue weighted by molar-refractivity contribution is 5.60. The molecule has 12 N–H and O–H groups in total. The van der Waals surface area contributed by atoms with E-state index in [9.17, 15) is 45.6 Å². The van der Waals surface area contributed by atoms with Crippen molar-refractivity contribution >= 4 is 6.16 Å². The second-order valence-electron chi connectivity index (χ2n) is 5.71. The minimum absolute atomic E-state index is 1.01. The van der Waals surface area contributed by atoms with Crippen LogP contribution >= 0.6 is 0 Å². The maximum Gasteiger partial charge on any atom is 0.513 e. The van der Waals surface area contributed by atoms with Crippen molar-refractivity contribution in [3.63, 3.8) is 0 Å². The van der Waals surface area contributed by atoms with E-state index < -0.39 is 80.8 Å². The van der Waals surface area contributed by atoms with E-state index in [1.54, 1.807) is 0 Å². The van der Waals surface area contributed by atoms with Crippen LogP contribution in [0.3, 0.4) is 0 Å². The Bertz CT molecular complexity index is 412. The van der Waals surface area contributed by atoms with E-state index in [-0.39, 0.29) is 0 Å². The SMILES string of the molecule is O=C(OC(O)[C@H](O)[C@@H](O)[C@H](O)[C@H](O)CO)OC(O)[C@H](O)[C@@H](O)[C@H](O)[C@H](O)CO. The first-order chi connectivity index (χ1) is 12.9. The highest BCUT2D eigenvalue weighted by atomic mass is 16.8. The molecule has 0 saturated carbocycles. The van der Waals surface area contributed by atoms with Gasteiger partial charge in [0.1, 0.15) is 48.8 Å². The average Bonchev–Trinajstić information content (AvgIpc) is 2.68. The first-order valence-electron chi connectivity index (χ1n) is 7.78. The first-order valence-corrected chi connectivity index (χ1v) is 7.78. The predicted octanol–water partition coefficient (Wildman–Crippen LogP) is -7.35. The number of hydrogen-bond donors (Lipinski definition) is 12. The fourth-order valence-electron chi connectivity index (χ4n) is 1.78. The zero-order valence-corrected chi connectivity index (χ0v) is 14.3. The standard InChI is InChI=1S/C13H26O15/c14-1-3(16)5(18)7(20)9(22)11(24)27-13(26)28-12(25)10(23)8(21)6(19)4(17)2-15/h3-12,14-25H,1-2H2/t3-,4-,5-,6-,7+,8+,9-,10-,11?,12?/m1/s1. The van der Waals surface area contributed by atoms with Crippen LogP contribution in [0.1, 0.15) is 0 Å². The smallest absolute Gasteiger partial charge is 0.401 e. The van der Waals surface area contributed by atoms with Crippen LogP contribution in [0.5, 0.6) is 0 Å². The molecule has 0 amide bonds. The summed E-state index contributed by atoms with van der Waals surface area (Å²) in [4.78, 5) is 11.4. The maximum atomic E-state index is 11.4. The van der Waals surface area contributed by atoms with Gasteiger partial charge in [0.25, 0.3) is 0 Å². The van der Waals surface area contributed by atoms with Gasteiger partial charge in [0, 0.05) is 0 Å². The summed E-state index contributed by atoms with van der Waals surface area (Å²) in [5.41, 5.74) is 0. The number of carbonyl (C=O) groups excluding carboxylic acids is 1. The van der Waals surface area contributed by atoms with Crippen LogP contribution in [0, 0.1) is 0 Å². The lowest BCUT2D eigenvalue weighted by atomic mass is 10.0. The molecule has 28 heavy (non-hydrogen) atoms. The van der Waals surface area contributed by atoms with Crippen molar-refractivity contribution in [1.29, 1.82) is 0 Å². The lowest BCUT2D eigenvalue weighted by Crippen LogP contribution is -2.52. The summed E-state index contributed by atoms with van der Waals surface area (Å²) in [6.07, 6.45) is -24.6. The minimum Gasteiger partial charge on any atom is -0.401 e. The molecule has 0 aromatic carbocycles. The Labute approximate surface area is 157 Å². The molecule has 0 aliphatic heterocycles. The van der Waals surface area contributed by atoms with Gasteiger partial charge in [-0.05, 0) is 0 Å². The van der Waals surface area contributed by atoms with E-state index in [1.165, 1.54) is 0 Å². The first kappa shape index (κ1) is 26.8. The summed E-state index contributed by atoms with van der Waals surface area (Å²) < 4.78 is 8.10. The fraction of sp³-hybridized carbons (Fsp3) is 0.923.